The first-order chi connectivity index (χ1) is 10.1. The molecule has 0 aliphatic carbocycles. The minimum atomic E-state index is -0.910. The number of nitriles is 1. The van der Waals surface area contributed by atoms with E-state index in [1.807, 2.05) is 6.07 Å². The van der Waals surface area contributed by atoms with Gasteiger partial charge in [0.05, 0.1) is 13.2 Å². The van der Waals surface area contributed by atoms with Gasteiger partial charge in [0.25, 0.3) is 0 Å². The summed E-state index contributed by atoms with van der Waals surface area (Å²) in [4.78, 5) is 12.6. The summed E-state index contributed by atoms with van der Waals surface area (Å²) in [6.45, 7) is 0. The molecule has 0 aromatic heterocycles. The van der Waals surface area contributed by atoms with Gasteiger partial charge in [0, 0.05) is 15.1 Å². The van der Waals surface area contributed by atoms with Crippen LogP contribution in [-0.2, 0) is 0 Å². The Morgan fingerprint density at radius 2 is 2.10 bits per heavy atom. The quantitative estimate of drug-likeness (QED) is 0.745. The average molecular weight is 365 g/mol. The van der Waals surface area contributed by atoms with Gasteiger partial charge >= 0.3 is 0 Å². The third-order valence-corrected chi connectivity index (χ3v) is 3.94. The van der Waals surface area contributed by atoms with Gasteiger partial charge in [-0.05, 0) is 35.9 Å². The van der Waals surface area contributed by atoms with E-state index in [4.69, 9.17) is 16.3 Å². The number of carbonyl (C=O) groups is 1. The minimum Gasteiger partial charge on any atom is -0.497 e. The van der Waals surface area contributed by atoms with Crippen molar-refractivity contribution in [2.75, 3.05) is 7.11 Å². The van der Waals surface area contributed by atoms with E-state index < -0.39 is 5.92 Å². The van der Waals surface area contributed by atoms with E-state index in [2.05, 4.69) is 15.9 Å². The molecule has 0 fully saturated rings. The van der Waals surface area contributed by atoms with Crippen LogP contribution < -0.4 is 4.74 Å². The first-order valence-electron chi connectivity index (χ1n) is 6.09. The molecule has 5 heteroatoms. The van der Waals surface area contributed by atoms with E-state index >= 15 is 0 Å². The van der Waals surface area contributed by atoms with Crippen LogP contribution in [0.5, 0.6) is 5.75 Å². The van der Waals surface area contributed by atoms with E-state index in [0.717, 1.165) is 0 Å². The molecule has 0 aliphatic heterocycles. The maximum absolute atomic E-state index is 12.6. The van der Waals surface area contributed by atoms with Crippen LogP contribution in [0, 0.1) is 11.3 Å². The van der Waals surface area contributed by atoms with Gasteiger partial charge in [-0.3, -0.25) is 4.79 Å². The second-order valence-electron chi connectivity index (χ2n) is 4.33. The van der Waals surface area contributed by atoms with Crippen LogP contribution in [0.15, 0.2) is 46.9 Å². The molecule has 0 aliphatic rings. The molecule has 2 rings (SSSR count). The van der Waals surface area contributed by atoms with Gasteiger partial charge in [0.1, 0.15) is 11.7 Å². The van der Waals surface area contributed by atoms with Gasteiger partial charge in [-0.25, -0.2) is 0 Å². The summed E-state index contributed by atoms with van der Waals surface area (Å²) in [6.07, 6.45) is 0. The van der Waals surface area contributed by atoms with Crippen molar-refractivity contribution in [3.63, 3.8) is 0 Å². The van der Waals surface area contributed by atoms with Crippen LogP contribution in [0.3, 0.4) is 0 Å². The summed E-state index contributed by atoms with van der Waals surface area (Å²) in [5.74, 6) is -0.651. The third kappa shape index (κ3) is 3.44. The van der Waals surface area contributed by atoms with Crippen molar-refractivity contribution in [1.82, 2.24) is 0 Å². The van der Waals surface area contributed by atoms with Gasteiger partial charge < -0.3 is 4.74 Å². The summed E-state index contributed by atoms with van der Waals surface area (Å²) in [6, 6.07) is 13.9. The summed E-state index contributed by atoms with van der Waals surface area (Å²) >= 11 is 9.26. The first kappa shape index (κ1) is 15.6. The number of rotatable bonds is 4. The largest absolute Gasteiger partial charge is 0.497 e. The molecular formula is C16H11BrClNO2. The topological polar surface area (TPSA) is 50.1 Å². The number of hydrogen-bond acceptors (Lipinski definition) is 3. The summed E-state index contributed by atoms with van der Waals surface area (Å²) in [7, 11) is 1.52. The van der Waals surface area contributed by atoms with E-state index in [1.165, 1.54) is 7.11 Å². The predicted octanol–water partition coefficient (Wildman–Crippen LogP) is 4.60. The molecule has 3 nitrogen and oxygen atoms in total. The molecule has 0 saturated heterocycles. The predicted molar refractivity (Wildman–Crippen MR) is 84.8 cm³/mol. The second kappa shape index (κ2) is 6.75. The molecular weight excluding hydrogens is 354 g/mol. The summed E-state index contributed by atoms with van der Waals surface area (Å²) in [5, 5.41) is 9.85. The van der Waals surface area contributed by atoms with Gasteiger partial charge in [-0.2, -0.15) is 5.26 Å². The Kier molecular flexibility index (Phi) is 5.00. The monoisotopic (exact) mass is 363 g/mol. The number of halogens is 2. The lowest BCUT2D eigenvalue weighted by Crippen LogP contribution is -2.12. The molecule has 0 amide bonds. The van der Waals surface area contributed by atoms with Crippen molar-refractivity contribution >= 4 is 33.3 Å². The molecule has 21 heavy (non-hydrogen) atoms. The molecule has 2 aromatic carbocycles. The van der Waals surface area contributed by atoms with Gasteiger partial charge in [0.2, 0.25) is 0 Å². The smallest absolute Gasteiger partial charge is 0.185 e. The van der Waals surface area contributed by atoms with Crippen molar-refractivity contribution < 1.29 is 9.53 Å². The molecule has 106 valence electrons. The fourth-order valence-corrected chi connectivity index (χ4v) is 2.59. The van der Waals surface area contributed by atoms with E-state index in [1.54, 1.807) is 42.5 Å². The molecule has 2 aromatic rings. The van der Waals surface area contributed by atoms with E-state index in [0.29, 0.717) is 26.4 Å². The maximum atomic E-state index is 12.6. The molecule has 1 atom stereocenters. The van der Waals surface area contributed by atoms with Crippen LogP contribution in [0.25, 0.3) is 0 Å². The molecule has 0 heterocycles. The first-order valence-corrected chi connectivity index (χ1v) is 7.26. The van der Waals surface area contributed by atoms with E-state index in [-0.39, 0.29) is 5.78 Å². The van der Waals surface area contributed by atoms with Crippen LogP contribution in [0.2, 0.25) is 5.02 Å². The maximum Gasteiger partial charge on any atom is 0.185 e. The zero-order valence-corrected chi connectivity index (χ0v) is 13.5. The summed E-state index contributed by atoms with van der Waals surface area (Å²) < 4.78 is 5.74. The van der Waals surface area contributed by atoms with Crippen molar-refractivity contribution in [2.45, 2.75) is 5.92 Å². The second-order valence-corrected chi connectivity index (χ2v) is 5.62. The lowest BCUT2D eigenvalue weighted by Gasteiger charge is -2.11. The lowest BCUT2D eigenvalue weighted by molar-refractivity contribution is 0.0978. The molecule has 0 saturated carbocycles. The Bertz CT molecular complexity index is 724. The fourth-order valence-electron chi connectivity index (χ4n) is 1.95. The molecule has 1 unspecified atom stereocenters. The fraction of sp³-hybridized carbons (Fsp3) is 0.125. The van der Waals surface area contributed by atoms with Crippen LogP contribution in [0.1, 0.15) is 21.8 Å². The number of ketones is 1. The third-order valence-electron chi connectivity index (χ3n) is 3.01. The number of hydrogen-bond donors (Lipinski definition) is 0. The standard InChI is InChI=1S/C16H11BrClNO2/c1-21-12-5-6-15(17)13(8-12)16(20)14(9-19)10-3-2-4-11(18)7-10/h2-8,14H,1H3. The van der Waals surface area contributed by atoms with Gasteiger partial charge in [-0.1, -0.05) is 39.7 Å². The lowest BCUT2D eigenvalue weighted by atomic mass is 9.92. The number of Topliss-reactive ketones (excluding diaryl/α,β-unsaturated/α-hetero) is 1. The number of nitrogens with zero attached hydrogens (tertiary/aromatic N) is 1. The Labute approximate surface area is 136 Å². The van der Waals surface area contributed by atoms with Crippen LogP contribution in [0.4, 0.5) is 0 Å². The number of ether oxygens (including phenoxy) is 1. The summed E-state index contributed by atoms with van der Waals surface area (Å²) in [5.41, 5.74) is 0.977. The number of benzene rings is 2. The van der Waals surface area contributed by atoms with Crippen LogP contribution in [-0.4, -0.2) is 12.9 Å². The van der Waals surface area contributed by atoms with Crippen molar-refractivity contribution in [1.29, 1.82) is 5.26 Å². The highest BCUT2D eigenvalue weighted by atomic mass is 79.9. The van der Waals surface area contributed by atoms with E-state index in [9.17, 15) is 10.1 Å². The highest BCUT2D eigenvalue weighted by Gasteiger charge is 2.24. The average Bonchev–Trinajstić information content (AvgIpc) is 2.48. The van der Waals surface area contributed by atoms with Gasteiger partial charge in [0.15, 0.2) is 5.78 Å². The number of methoxy groups -OCH3 is 1. The Balaban J connectivity index is 2.44. The highest BCUT2D eigenvalue weighted by Crippen LogP contribution is 2.29. The zero-order chi connectivity index (χ0) is 15.4. The van der Waals surface area contributed by atoms with Crippen molar-refractivity contribution in [2.24, 2.45) is 0 Å². The Morgan fingerprint density at radius 1 is 1.33 bits per heavy atom. The molecule has 0 spiro atoms. The minimum absolute atomic E-state index is 0.300. The van der Waals surface area contributed by atoms with Crippen molar-refractivity contribution in [3.8, 4) is 11.8 Å². The highest BCUT2D eigenvalue weighted by molar-refractivity contribution is 9.10. The van der Waals surface area contributed by atoms with Crippen molar-refractivity contribution in [3.05, 3.63) is 63.1 Å². The SMILES string of the molecule is COc1ccc(Br)c(C(=O)C(C#N)c2cccc(Cl)c2)c1. The molecule has 0 radical (unpaired) electrons. The Morgan fingerprint density at radius 3 is 2.71 bits per heavy atom. The number of carbonyl (C=O) groups excluding carboxylic acids is 1. The van der Waals surface area contributed by atoms with Crippen LogP contribution >= 0.6 is 27.5 Å². The normalized spacial score (nSPS) is 11.5. The molecule has 0 N–H and O–H groups in total. The van der Waals surface area contributed by atoms with Gasteiger partial charge in [-0.15, -0.1) is 0 Å². The Hall–Kier alpha value is -1.83. The molecule has 0 bridgehead atoms. The zero-order valence-electron chi connectivity index (χ0n) is 11.1.